The van der Waals surface area contributed by atoms with Gasteiger partial charge < -0.3 is 10.3 Å². The van der Waals surface area contributed by atoms with E-state index in [4.69, 9.17) is 0 Å². The van der Waals surface area contributed by atoms with Crippen LogP contribution in [-0.2, 0) is 13.6 Å². The molecule has 3 aromatic heterocycles. The van der Waals surface area contributed by atoms with Gasteiger partial charge in [0.25, 0.3) is 5.91 Å². The molecule has 1 aromatic carbocycles. The molecule has 4 rings (SSSR count). The smallest absolute Gasteiger partial charge is 0.346 e. The van der Waals surface area contributed by atoms with E-state index < -0.39 is 0 Å². The van der Waals surface area contributed by atoms with Crippen LogP contribution >= 0.6 is 0 Å². The van der Waals surface area contributed by atoms with Crippen LogP contribution in [0.5, 0.6) is 0 Å². The van der Waals surface area contributed by atoms with Gasteiger partial charge in [-0.1, -0.05) is 6.07 Å². The fraction of sp³-hybridized carbons (Fsp3) is 0.158. The first-order valence-corrected chi connectivity index (χ1v) is 8.54. The molecule has 8 nitrogen and oxygen atoms in total. The van der Waals surface area contributed by atoms with Crippen LogP contribution in [0.15, 0.2) is 59.7 Å². The minimum Gasteiger partial charge on any atom is -0.361 e. The number of nitrogens with zero attached hydrogens (tertiary/aromatic N) is 4. The summed E-state index contributed by atoms with van der Waals surface area (Å²) < 4.78 is 2.78. The lowest BCUT2D eigenvalue weighted by Crippen LogP contribution is -2.31. The summed E-state index contributed by atoms with van der Waals surface area (Å²) in [7, 11) is 1.65. The van der Waals surface area contributed by atoms with Crippen molar-refractivity contribution in [2.45, 2.75) is 6.54 Å². The molecule has 0 saturated heterocycles. The van der Waals surface area contributed by atoms with Crippen LogP contribution in [0.2, 0.25) is 0 Å². The number of aromatic nitrogens is 5. The largest absolute Gasteiger partial charge is 0.361 e. The number of rotatable bonds is 5. The number of amides is 1. The van der Waals surface area contributed by atoms with Crippen molar-refractivity contribution < 1.29 is 4.79 Å². The summed E-state index contributed by atoms with van der Waals surface area (Å²) in [5, 5.41) is 8.13. The van der Waals surface area contributed by atoms with Crippen molar-refractivity contribution in [1.82, 2.24) is 29.6 Å². The van der Waals surface area contributed by atoms with Crippen molar-refractivity contribution >= 4 is 16.8 Å². The summed E-state index contributed by atoms with van der Waals surface area (Å²) in [6.07, 6.45) is 3.49. The third-order valence-electron chi connectivity index (χ3n) is 4.36. The Hall–Kier alpha value is -3.68. The first kappa shape index (κ1) is 16.8. The molecule has 0 saturated carbocycles. The zero-order chi connectivity index (χ0) is 18.8. The lowest BCUT2D eigenvalue weighted by molar-refractivity contribution is 0.0952. The number of nitrogens with one attached hydrogen (secondary N) is 2. The van der Waals surface area contributed by atoms with Crippen LogP contribution in [0.3, 0.4) is 0 Å². The molecule has 2 N–H and O–H groups in total. The summed E-state index contributed by atoms with van der Waals surface area (Å²) in [6.45, 7) is 0.570. The highest BCUT2D eigenvalue weighted by Gasteiger charge is 2.13. The topological polar surface area (TPSA) is 97.6 Å². The molecule has 1 amide bonds. The molecule has 0 aliphatic carbocycles. The number of H-pyrrole nitrogens is 1. The van der Waals surface area contributed by atoms with Crippen LogP contribution in [0.25, 0.3) is 22.4 Å². The maximum absolute atomic E-state index is 12.3. The second kappa shape index (κ2) is 6.91. The standard InChI is InChI=1S/C19H18N6O2/c1-24-17(16-4-2-3-8-20-16)23-25(19(24)27)11-10-22-18(26)14-5-6-15-13(12-14)7-9-21-15/h2-9,12,21H,10-11H2,1H3,(H,22,26). The molecule has 27 heavy (non-hydrogen) atoms. The molecule has 0 unspecified atom stereocenters. The number of hydrogen-bond donors (Lipinski definition) is 2. The maximum Gasteiger partial charge on any atom is 0.346 e. The van der Waals surface area contributed by atoms with Crippen molar-refractivity contribution in [2.75, 3.05) is 6.54 Å². The number of fused-ring (bicyclic) bond motifs is 1. The molecule has 8 heteroatoms. The van der Waals surface area contributed by atoms with E-state index in [-0.39, 0.29) is 18.1 Å². The van der Waals surface area contributed by atoms with Crippen molar-refractivity contribution in [2.24, 2.45) is 7.05 Å². The Bertz CT molecular complexity index is 1160. The zero-order valence-electron chi connectivity index (χ0n) is 14.7. The predicted octanol–water partition coefficient (Wildman–Crippen LogP) is 1.56. The molecule has 0 spiro atoms. The molecule has 3 heterocycles. The average molecular weight is 362 g/mol. The van der Waals surface area contributed by atoms with Crippen molar-refractivity contribution in [3.8, 4) is 11.5 Å². The molecule has 4 aromatic rings. The number of pyridine rings is 1. The molecule has 0 aliphatic heterocycles. The van der Waals surface area contributed by atoms with Gasteiger partial charge in [0, 0.05) is 42.5 Å². The van der Waals surface area contributed by atoms with Crippen molar-refractivity contribution in [3.05, 3.63) is 70.9 Å². The monoisotopic (exact) mass is 362 g/mol. The molecule has 136 valence electrons. The van der Waals surface area contributed by atoms with Gasteiger partial charge in [-0.25, -0.2) is 9.48 Å². The average Bonchev–Trinajstić information content (AvgIpc) is 3.28. The van der Waals surface area contributed by atoms with Gasteiger partial charge in [-0.05, 0) is 36.4 Å². The van der Waals surface area contributed by atoms with Crippen LogP contribution in [0.1, 0.15) is 10.4 Å². The van der Waals surface area contributed by atoms with E-state index in [0.717, 1.165) is 10.9 Å². The normalized spacial score (nSPS) is 11.0. The van der Waals surface area contributed by atoms with Gasteiger partial charge in [0.2, 0.25) is 0 Å². The third kappa shape index (κ3) is 3.24. The Morgan fingerprint density at radius 3 is 2.93 bits per heavy atom. The summed E-state index contributed by atoms with van der Waals surface area (Å²) in [5.41, 5.74) is 1.93. The second-order valence-corrected chi connectivity index (χ2v) is 6.14. The predicted molar refractivity (Wildman–Crippen MR) is 101 cm³/mol. The van der Waals surface area contributed by atoms with E-state index >= 15 is 0 Å². The summed E-state index contributed by atoms with van der Waals surface area (Å²) in [6, 6.07) is 12.8. The molecular formula is C19H18N6O2. The number of aromatic amines is 1. The lowest BCUT2D eigenvalue weighted by Gasteiger charge is -2.05. The van der Waals surface area contributed by atoms with Crippen molar-refractivity contribution in [3.63, 3.8) is 0 Å². The Balaban J connectivity index is 1.44. The summed E-state index contributed by atoms with van der Waals surface area (Å²) in [5.74, 6) is 0.303. The number of benzene rings is 1. The fourth-order valence-corrected chi connectivity index (χ4v) is 2.92. The number of carbonyl (C=O) groups is 1. The Morgan fingerprint density at radius 1 is 1.22 bits per heavy atom. The molecule has 0 aliphatic rings. The third-order valence-corrected chi connectivity index (χ3v) is 4.36. The molecule has 0 fully saturated rings. The van der Waals surface area contributed by atoms with Gasteiger partial charge in [0.15, 0.2) is 5.82 Å². The lowest BCUT2D eigenvalue weighted by atomic mass is 10.1. The highest BCUT2D eigenvalue weighted by molar-refractivity contribution is 5.98. The zero-order valence-corrected chi connectivity index (χ0v) is 14.7. The first-order chi connectivity index (χ1) is 13.1. The summed E-state index contributed by atoms with van der Waals surface area (Å²) in [4.78, 5) is 32.0. The van der Waals surface area contributed by atoms with Gasteiger partial charge in [0.1, 0.15) is 5.69 Å². The van der Waals surface area contributed by atoms with Crippen LogP contribution in [0, 0.1) is 0 Å². The van der Waals surface area contributed by atoms with E-state index in [0.29, 0.717) is 23.6 Å². The van der Waals surface area contributed by atoms with Crippen LogP contribution in [0.4, 0.5) is 0 Å². The minimum absolute atomic E-state index is 0.188. The van der Waals surface area contributed by atoms with Crippen molar-refractivity contribution in [1.29, 1.82) is 0 Å². The second-order valence-electron chi connectivity index (χ2n) is 6.14. The van der Waals surface area contributed by atoms with Crippen LogP contribution < -0.4 is 11.0 Å². The molecule has 0 radical (unpaired) electrons. The SMILES string of the molecule is Cn1c(-c2ccccn2)nn(CCNC(=O)c2ccc3[nH]ccc3c2)c1=O. The van der Waals surface area contributed by atoms with Gasteiger partial charge in [-0.3, -0.25) is 14.3 Å². The number of hydrogen-bond acceptors (Lipinski definition) is 4. The quantitative estimate of drug-likeness (QED) is 0.563. The van der Waals surface area contributed by atoms with E-state index in [1.54, 1.807) is 31.4 Å². The molecular weight excluding hydrogens is 344 g/mol. The maximum atomic E-state index is 12.3. The Kier molecular flexibility index (Phi) is 4.29. The highest BCUT2D eigenvalue weighted by atomic mass is 16.2. The van der Waals surface area contributed by atoms with Gasteiger partial charge in [-0.15, -0.1) is 5.10 Å². The van der Waals surface area contributed by atoms with E-state index in [1.807, 2.05) is 30.5 Å². The van der Waals surface area contributed by atoms with Gasteiger partial charge in [-0.2, -0.15) is 0 Å². The fourth-order valence-electron chi connectivity index (χ4n) is 2.92. The summed E-state index contributed by atoms with van der Waals surface area (Å²) >= 11 is 0. The molecule has 0 bridgehead atoms. The van der Waals surface area contributed by atoms with E-state index in [9.17, 15) is 9.59 Å². The van der Waals surface area contributed by atoms with Gasteiger partial charge >= 0.3 is 5.69 Å². The van der Waals surface area contributed by atoms with Gasteiger partial charge in [0.05, 0.1) is 6.54 Å². The molecule has 0 atom stereocenters. The Morgan fingerprint density at radius 2 is 2.11 bits per heavy atom. The van der Waals surface area contributed by atoms with E-state index in [1.165, 1.54) is 9.25 Å². The van der Waals surface area contributed by atoms with E-state index in [2.05, 4.69) is 20.4 Å². The highest BCUT2D eigenvalue weighted by Crippen LogP contribution is 2.14. The Labute approximate surface area is 154 Å². The minimum atomic E-state index is -0.251. The first-order valence-electron chi connectivity index (χ1n) is 8.54. The number of carbonyl (C=O) groups excluding carboxylic acids is 1. The van der Waals surface area contributed by atoms with Crippen LogP contribution in [-0.4, -0.2) is 36.8 Å².